The number of likely N-dealkylation sites (N-methyl/N-ethyl adjacent to an activating group) is 1. The molecule has 0 radical (unpaired) electrons. The highest BCUT2D eigenvalue weighted by molar-refractivity contribution is 5.98. The summed E-state index contributed by atoms with van der Waals surface area (Å²) in [6, 6.07) is 11.4. The number of anilines is 1. The number of nitrogens with one attached hydrogen (secondary N) is 1. The van der Waals surface area contributed by atoms with Gasteiger partial charge in [0.15, 0.2) is 11.5 Å². The van der Waals surface area contributed by atoms with E-state index in [2.05, 4.69) is 5.32 Å². The van der Waals surface area contributed by atoms with Crippen LogP contribution < -0.4 is 14.8 Å². The van der Waals surface area contributed by atoms with Gasteiger partial charge in [-0.1, -0.05) is 18.2 Å². The van der Waals surface area contributed by atoms with Gasteiger partial charge >= 0.3 is 0 Å². The quantitative estimate of drug-likeness (QED) is 0.809. The highest BCUT2D eigenvalue weighted by Crippen LogP contribution is 2.31. The van der Waals surface area contributed by atoms with Gasteiger partial charge in [0.05, 0.1) is 6.54 Å². The summed E-state index contributed by atoms with van der Waals surface area (Å²) in [5.41, 5.74) is 3.63. The highest BCUT2D eigenvalue weighted by Gasteiger charge is 2.13. The van der Waals surface area contributed by atoms with E-state index in [9.17, 15) is 9.59 Å². The van der Waals surface area contributed by atoms with Gasteiger partial charge in [-0.15, -0.1) is 0 Å². The Morgan fingerprint density at radius 3 is 2.61 bits per heavy atom. The molecule has 6 heteroatoms. The van der Waals surface area contributed by atoms with Crippen LogP contribution in [0.4, 0.5) is 5.69 Å². The molecule has 2 aromatic rings. The second-order valence-corrected chi connectivity index (χ2v) is 6.80. The lowest BCUT2D eigenvalue weighted by Gasteiger charge is -2.18. The van der Waals surface area contributed by atoms with Gasteiger partial charge in [-0.2, -0.15) is 0 Å². The summed E-state index contributed by atoms with van der Waals surface area (Å²) in [6.07, 6.45) is 3.14. The van der Waals surface area contributed by atoms with Gasteiger partial charge in [-0.3, -0.25) is 9.59 Å². The maximum atomic E-state index is 12.3. The molecular formula is C22H24N2O4. The summed E-state index contributed by atoms with van der Waals surface area (Å²) in [5, 5.41) is 2.86. The first-order valence-electron chi connectivity index (χ1n) is 9.12. The number of ether oxygens (including phenoxy) is 2. The fourth-order valence-corrected chi connectivity index (χ4v) is 2.81. The highest BCUT2D eigenvalue weighted by atomic mass is 16.6. The molecule has 0 unspecified atom stereocenters. The molecule has 1 aliphatic heterocycles. The van der Waals surface area contributed by atoms with Gasteiger partial charge in [0.1, 0.15) is 13.2 Å². The Hall–Kier alpha value is -3.28. The number of aryl methyl sites for hydroxylation is 2. The molecule has 3 rings (SSSR count). The second-order valence-electron chi connectivity index (χ2n) is 6.80. The molecule has 0 saturated carbocycles. The van der Waals surface area contributed by atoms with Gasteiger partial charge in [-0.25, -0.2) is 0 Å². The monoisotopic (exact) mass is 380 g/mol. The predicted octanol–water partition coefficient (Wildman–Crippen LogP) is 3.18. The number of amides is 2. The first kappa shape index (κ1) is 19.5. The van der Waals surface area contributed by atoms with E-state index < -0.39 is 0 Å². The lowest BCUT2D eigenvalue weighted by molar-refractivity contribution is -0.129. The number of hydrogen-bond donors (Lipinski definition) is 1. The molecule has 0 saturated heterocycles. The van der Waals surface area contributed by atoms with Gasteiger partial charge in [-0.05, 0) is 54.8 Å². The first-order valence-corrected chi connectivity index (χ1v) is 9.12. The van der Waals surface area contributed by atoms with Crippen LogP contribution in [0, 0.1) is 13.8 Å². The van der Waals surface area contributed by atoms with Crippen molar-refractivity contribution in [2.75, 3.05) is 32.1 Å². The van der Waals surface area contributed by atoms with E-state index in [1.807, 2.05) is 50.2 Å². The topological polar surface area (TPSA) is 67.9 Å². The molecule has 0 atom stereocenters. The second kappa shape index (κ2) is 8.61. The van der Waals surface area contributed by atoms with Crippen LogP contribution in [0.15, 0.2) is 42.5 Å². The summed E-state index contributed by atoms with van der Waals surface area (Å²) in [5.74, 6) is 0.875. The van der Waals surface area contributed by atoms with Crippen molar-refractivity contribution in [3.05, 3.63) is 59.2 Å². The van der Waals surface area contributed by atoms with E-state index in [0.29, 0.717) is 24.7 Å². The van der Waals surface area contributed by atoms with Crippen molar-refractivity contribution in [1.29, 1.82) is 0 Å². The molecule has 0 fully saturated rings. The van der Waals surface area contributed by atoms with Crippen LogP contribution in [0.3, 0.4) is 0 Å². The molecule has 28 heavy (non-hydrogen) atoms. The standard InChI is InChI=1S/C22H24N2O4/c1-15-4-5-16(2)18(12-15)23-21(25)14-24(3)22(26)9-7-17-6-8-19-20(13-17)28-11-10-27-19/h4-9,12-13H,10-11,14H2,1-3H3,(H,23,25)/b9-7+. The van der Waals surface area contributed by atoms with Crippen LogP contribution in [0.2, 0.25) is 0 Å². The minimum Gasteiger partial charge on any atom is -0.486 e. The average molecular weight is 380 g/mol. The van der Waals surface area contributed by atoms with E-state index >= 15 is 0 Å². The van der Waals surface area contributed by atoms with Gasteiger partial charge in [0.2, 0.25) is 11.8 Å². The molecule has 0 aromatic heterocycles. The van der Waals surface area contributed by atoms with Crippen LogP contribution in [-0.4, -0.2) is 43.5 Å². The number of carbonyl (C=O) groups excluding carboxylic acids is 2. The Balaban J connectivity index is 1.57. The van der Waals surface area contributed by atoms with Crippen molar-refractivity contribution < 1.29 is 19.1 Å². The van der Waals surface area contributed by atoms with Crippen molar-refractivity contribution in [3.8, 4) is 11.5 Å². The molecule has 6 nitrogen and oxygen atoms in total. The Bertz CT molecular complexity index is 921. The van der Waals surface area contributed by atoms with Crippen LogP contribution in [0.1, 0.15) is 16.7 Å². The molecule has 1 heterocycles. The van der Waals surface area contributed by atoms with Crippen LogP contribution >= 0.6 is 0 Å². The van der Waals surface area contributed by atoms with Crippen LogP contribution in [0.5, 0.6) is 11.5 Å². The van der Waals surface area contributed by atoms with Crippen LogP contribution in [-0.2, 0) is 9.59 Å². The SMILES string of the molecule is Cc1ccc(C)c(NC(=O)CN(C)C(=O)/C=C/c2ccc3c(c2)OCCO3)c1. The predicted molar refractivity (Wildman–Crippen MR) is 109 cm³/mol. The Morgan fingerprint density at radius 2 is 1.82 bits per heavy atom. The zero-order chi connectivity index (χ0) is 20.1. The van der Waals surface area contributed by atoms with Crippen molar-refractivity contribution >= 4 is 23.6 Å². The first-order chi connectivity index (χ1) is 13.4. The van der Waals surface area contributed by atoms with E-state index in [0.717, 1.165) is 22.4 Å². The fourth-order valence-electron chi connectivity index (χ4n) is 2.81. The normalized spacial score (nSPS) is 12.7. The lowest BCUT2D eigenvalue weighted by atomic mass is 10.1. The molecule has 0 spiro atoms. The average Bonchev–Trinajstić information content (AvgIpc) is 2.68. The Morgan fingerprint density at radius 1 is 1.07 bits per heavy atom. The molecular weight excluding hydrogens is 356 g/mol. The summed E-state index contributed by atoms with van der Waals surface area (Å²) in [6.45, 7) is 4.91. The zero-order valence-corrected chi connectivity index (χ0v) is 16.3. The van der Waals surface area contributed by atoms with Crippen molar-refractivity contribution in [2.45, 2.75) is 13.8 Å². The number of rotatable bonds is 5. The minimum atomic E-state index is -0.258. The third-order valence-corrected chi connectivity index (χ3v) is 4.41. The number of nitrogens with zero attached hydrogens (tertiary/aromatic N) is 1. The van der Waals surface area contributed by atoms with Crippen molar-refractivity contribution in [3.63, 3.8) is 0 Å². The van der Waals surface area contributed by atoms with E-state index in [1.54, 1.807) is 13.1 Å². The number of fused-ring (bicyclic) bond motifs is 1. The maximum Gasteiger partial charge on any atom is 0.246 e. The summed E-state index contributed by atoms with van der Waals surface area (Å²) in [7, 11) is 1.60. The zero-order valence-electron chi connectivity index (χ0n) is 16.3. The van der Waals surface area contributed by atoms with Crippen molar-refractivity contribution in [2.24, 2.45) is 0 Å². The van der Waals surface area contributed by atoms with E-state index in [1.165, 1.54) is 11.0 Å². The molecule has 1 N–H and O–H groups in total. The molecule has 0 aliphatic carbocycles. The Kier molecular flexibility index (Phi) is 5.99. The molecule has 2 aromatic carbocycles. The fraction of sp³-hybridized carbons (Fsp3) is 0.273. The minimum absolute atomic E-state index is 0.0301. The van der Waals surface area contributed by atoms with E-state index in [4.69, 9.17) is 9.47 Å². The molecule has 2 amide bonds. The third kappa shape index (κ3) is 4.91. The van der Waals surface area contributed by atoms with Gasteiger partial charge < -0.3 is 19.7 Å². The van der Waals surface area contributed by atoms with E-state index in [-0.39, 0.29) is 18.4 Å². The largest absolute Gasteiger partial charge is 0.486 e. The van der Waals surface area contributed by atoms with Crippen LogP contribution in [0.25, 0.3) is 6.08 Å². The van der Waals surface area contributed by atoms with Gasteiger partial charge in [0.25, 0.3) is 0 Å². The summed E-state index contributed by atoms with van der Waals surface area (Å²) in [4.78, 5) is 26.0. The van der Waals surface area contributed by atoms with Crippen molar-refractivity contribution in [1.82, 2.24) is 4.90 Å². The lowest BCUT2D eigenvalue weighted by Crippen LogP contribution is -2.34. The Labute approximate surface area is 164 Å². The molecule has 0 bridgehead atoms. The molecule has 146 valence electrons. The summed E-state index contributed by atoms with van der Waals surface area (Å²) >= 11 is 0. The number of hydrogen-bond acceptors (Lipinski definition) is 4. The summed E-state index contributed by atoms with van der Waals surface area (Å²) < 4.78 is 11.0. The van der Waals surface area contributed by atoms with Gasteiger partial charge in [0, 0.05) is 18.8 Å². The third-order valence-electron chi connectivity index (χ3n) is 4.41. The number of carbonyl (C=O) groups is 2. The smallest absolute Gasteiger partial charge is 0.246 e. The maximum absolute atomic E-state index is 12.3. The number of benzene rings is 2. The molecule has 1 aliphatic rings.